The highest BCUT2D eigenvalue weighted by Gasteiger charge is 2.30. The standard InChI is InChI=1S/C19H35N5O6/c1-5-10(3)15(21)18(28)22-9-14(26)23-12(7-8-13(20)25)17(27)24-16(19(29)30)11(4)6-2/h10-12,15-16H,5-9,21H2,1-4H3,(H2,20,25)(H,22,28)(H,23,26)(H,24,27)(H,29,30). The molecule has 30 heavy (non-hydrogen) atoms. The Kier molecular flexibility index (Phi) is 12.3. The van der Waals surface area contributed by atoms with Crippen LogP contribution in [0.25, 0.3) is 0 Å². The van der Waals surface area contributed by atoms with Crippen molar-refractivity contribution in [3.05, 3.63) is 0 Å². The Labute approximate surface area is 176 Å². The van der Waals surface area contributed by atoms with Gasteiger partial charge in [-0.2, -0.15) is 0 Å². The Morgan fingerprint density at radius 3 is 1.97 bits per heavy atom. The lowest BCUT2D eigenvalue weighted by atomic mass is 9.98. The number of aliphatic carboxylic acids is 1. The number of nitrogens with two attached hydrogens (primary N) is 2. The molecule has 0 heterocycles. The lowest BCUT2D eigenvalue weighted by Gasteiger charge is -2.24. The van der Waals surface area contributed by atoms with Crippen molar-refractivity contribution >= 4 is 29.6 Å². The van der Waals surface area contributed by atoms with Crippen LogP contribution >= 0.6 is 0 Å². The molecule has 0 spiro atoms. The number of rotatable bonds is 14. The highest BCUT2D eigenvalue weighted by atomic mass is 16.4. The highest BCUT2D eigenvalue weighted by molar-refractivity contribution is 5.92. The van der Waals surface area contributed by atoms with Crippen LogP contribution in [0.2, 0.25) is 0 Å². The van der Waals surface area contributed by atoms with Gasteiger partial charge in [-0.05, 0) is 18.3 Å². The van der Waals surface area contributed by atoms with E-state index in [1.54, 1.807) is 13.8 Å². The number of hydrogen-bond acceptors (Lipinski definition) is 6. The molecule has 5 atom stereocenters. The number of carbonyl (C=O) groups excluding carboxylic acids is 4. The molecule has 4 amide bonds. The molecule has 0 aliphatic carbocycles. The Bertz CT molecular complexity index is 627. The minimum absolute atomic E-state index is 0.0735. The summed E-state index contributed by atoms with van der Waals surface area (Å²) in [6, 6.07) is -3.11. The summed E-state index contributed by atoms with van der Waals surface area (Å²) in [5.41, 5.74) is 10.9. The fourth-order valence-electron chi connectivity index (χ4n) is 2.54. The molecule has 0 aromatic heterocycles. The summed E-state index contributed by atoms with van der Waals surface area (Å²) >= 11 is 0. The second-order valence-electron chi connectivity index (χ2n) is 7.46. The van der Waals surface area contributed by atoms with Gasteiger partial charge in [0.15, 0.2) is 0 Å². The van der Waals surface area contributed by atoms with Crippen LogP contribution in [0.3, 0.4) is 0 Å². The number of primary amides is 1. The summed E-state index contributed by atoms with van der Waals surface area (Å²) in [5, 5.41) is 16.5. The maximum atomic E-state index is 12.6. The zero-order chi connectivity index (χ0) is 23.4. The van der Waals surface area contributed by atoms with Crippen LogP contribution in [0, 0.1) is 11.8 Å². The SMILES string of the molecule is CCC(C)C(N)C(=O)NCC(=O)NC(CCC(N)=O)C(=O)NC(C(=O)O)C(C)CC. The van der Waals surface area contributed by atoms with Gasteiger partial charge in [-0.1, -0.05) is 40.5 Å². The first-order valence-corrected chi connectivity index (χ1v) is 10.1. The predicted octanol–water partition coefficient (Wildman–Crippen LogP) is -1.16. The van der Waals surface area contributed by atoms with Crippen molar-refractivity contribution in [2.24, 2.45) is 23.3 Å². The summed E-state index contributed by atoms with van der Waals surface area (Å²) in [7, 11) is 0. The van der Waals surface area contributed by atoms with E-state index < -0.39 is 54.3 Å². The van der Waals surface area contributed by atoms with E-state index in [0.717, 1.165) is 0 Å². The van der Waals surface area contributed by atoms with Crippen molar-refractivity contribution in [2.45, 2.75) is 71.5 Å². The summed E-state index contributed by atoms with van der Waals surface area (Å²) < 4.78 is 0. The van der Waals surface area contributed by atoms with E-state index in [1.807, 2.05) is 13.8 Å². The first-order valence-electron chi connectivity index (χ1n) is 10.1. The van der Waals surface area contributed by atoms with Gasteiger partial charge in [0.05, 0.1) is 12.6 Å². The Balaban J connectivity index is 5.05. The van der Waals surface area contributed by atoms with Crippen molar-refractivity contribution in [2.75, 3.05) is 6.54 Å². The van der Waals surface area contributed by atoms with Crippen LogP contribution in [0.1, 0.15) is 53.4 Å². The molecular formula is C19H35N5O6. The van der Waals surface area contributed by atoms with Crippen LogP contribution in [-0.4, -0.2) is 59.4 Å². The van der Waals surface area contributed by atoms with Gasteiger partial charge in [0, 0.05) is 6.42 Å². The van der Waals surface area contributed by atoms with Gasteiger partial charge in [0.1, 0.15) is 12.1 Å². The largest absolute Gasteiger partial charge is 0.480 e. The molecule has 0 bridgehead atoms. The van der Waals surface area contributed by atoms with Gasteiger partial charge in [-0.3, -0.25) is 19.2 Å². The Morgan fingerprint density at radius 1 is 0.933 bits per heavy atom. The van der Waals surface area contributed by atoms with Crippen LogP contribution < -0.4 is 27.4 Å². The van der Waals surface area contributed by atoms with E-state index in [1.165, 1.54) is 0 Å². The average Bonchev–Trinajstić information content (AvgIpc) is 2.70. The number of carbonyl (C=O) groups is 5. The summed E-state index contributed by atoms with van der Waals surface area (Å²) in [5.74, 6) is -4.23. The molecule has 8 N–H and O–H groups in total. The van der Waals surface area contributed by atoms with E-state index in [0.29, 0.717) is 12.8 Å². The molecule has 0 radical (unpaired) electrons. The smallest absolute Gasteiger partial charge is 0.326 e. The van der Waals surface area contributed by atoms with Crippen LogP contribution in [0.15, 0.2) is 0 Å². The summed E-state index contributed by atoms with van der Waals surface area (Å²) in [6.07, 6.45) is 0.903. The fourth-order valence-corrected chi connectivity index (χ4v) is 2.54. The van der Waals surface area contributed by atoms with Crippen molar-refractivity contribution in [3.8, 4) is 0 Å². The minimum atomic E-state index is -1.20. The average molecular weight is 430 g/mol. The molecule has 11 nitrogen and oxygen atoms in total. The number of carboxylic acid groups (broad SMARTS) is 1. The third kappa shape index (κ3) is 9.68. The fraction of sp³-hybridized carbons (Fsp3) is 0.737. The van der Waals surface area contributed by atoms with E-state index in [9.17, 15) is 29.1 Å². The zero-order valence-corrected chi connectivity index (χ0v) is 18.1. The molecule has 0 saturated carbocycles. The molecule has 0 saturated heterocycles. The highest BCUT2D eigenvalue weighted by Crippen LogP contribution is 2.09. The van der Waals surface area contributed by atoms with Gasteiger partial charge < -0.3 is 32.5 Å². The number of nitrogens with one attached hydrogen (secondary N) is 3. The number of amides is 4. The van der Waals surface area contributed by atoms with E-state index in [-0.39, 0.29) is 24.7 Å². The van der Waals surface area contributed by atoms with E-state index in [2.05, 4.69) is 16.0 Å². The van der Waals surface area contributed by atoms with Crippen molar-refractivity contribution in [3.63, 3.8) is 0 Å². The summed E-state index contributed by atoms with van der Waals surface area (Å²) in [6.45, 7) is 6.73. The molecule has 0 aromatic rings. The quantitative estimate of drug-likeness (QED) is 0.200. The van der Waals surface area contributed by atoms with Crippen molar-refractivity contribution < 1.29 is 29.1 Å². The molecule has 5 unspecified atom stereocenters. The maximum Gasteiger partial charge on any atom is 0.326 e. The Morgan fingerprint density at radius 2 is 1.50 bits per heavy atom. The first kappa shape index (κ1) is 27.3. The normalized spacial score (nSPS) is 15.8. The monoisotopic (exact) mass is 429 g/mol. The topological polar surface area (TPSA) is 194 Å². The number of carboxylic acids is 1. The second kappa shape index (κ2) is 13.5. The van der Waals surface area contributed by atoms with Gasteiger partial charge in [-0.25, -0.2) is 4.79 Å². The van der Waals surface area contributed by atoms with Gasteiger partial charge >= 0.3 is 5.97 Å². The van der Waals surface area contributed by atoms with Crippen LogP contribution in [0.4, 0.5) is 0 Å². The van der Waals surface area contributed by atoms with Crippen molar-refractivity contribution in [1.29, 1.82) is 0 Å². The minimum Gasteiger partial charge on any atom is -0.480 e. The predicted molar refractivity (Wildman–Crippen MR) is 110 cm³/mol. The van der Waals surface area contributed by atoms with Gasteiger partial charge in [0.25, 0.3) is 0 Å². The Hall–Kier alpha value is -2.69. The van der Waals surface area contributed by atoms with E-state index in [4.69, 9.17) is 11.5 Å². The number of hydrogen-bond donors (Lipinski definition) is 6. The van der Waals surface area contributed by atoms with E-state index >= 15 is 0 Å². The molecule has 0 aromatic carbocycles. The maximum absolute atomic E-state index is 12.6. The van der Waals surface area contributed by atoms with Gasteiger partial charge in [-0.15, -0.1) is 0 Å². The third-order valence-electron chi connectivity index (χ3n) is 5.09. The molecule has 0 rings (SSSR count). The third-order valence-corrected chi connectivity index (χ3v) is 5.09. The van der Waals surface area contributed by atoms with Crippen molar-refractivity contribution in [1.82, 2.24) is 16.0 Å². The van der Waals surface area contributed by atoms with Gasteiger partial charge in [0.2, 0.25) is 23.6 Å². The van der Waals surface area contributed by atoms with Crippen LogP contribution in [0.5, 0.6) is 0 Å². The zero-order valence-electron chi connectivity index (χ0n) is 18.1. The first-order chi connectivity index (χ1) is 13.9. The lowest BCUT2D eigenvalue weighted by molar-refractivity contribution is -0.144. The molecule has 172 valence electrons. The molecule has 11 heteroatoms. The second-order valence-corrected chi connectivity index (χ2v) is 7.46. The lowest BCUT2D eigenvalue weighted by Crippen LogP contribution is -2.55. The molecule has 0 aliphatic rings. The molecular weight excluding hydrogens is 394 g/mol. The van der Waals surface area contributed by atoms with Crippen LogP contribution in [-0.2, 0) is 24.0 Å². The summed E-state index contributed by atoms with van der Waals surface area (Å²) in [4.78, 5) is 59.3. The molecule has 0 aliphatic heterocycles. The molecule has 0 fully saturated rings.